The number of nitrogens with two attached hydrogens (primary N) is 1. The number of thiol groups is 1. The van der Waals surface area contributed by atoms with Crippen LogP contribution < -0.4 is 20.5 Å². The first kappa shape index (κ1) is 23.7. The summed E-state index contributed by atoms with van der Waals surface area (Å²) >= 11 is 4.29. The van der Waals surface area contributed by atoms with E-state index >= 15 is 0 Å². The van der Waals surface area contributed by atoms with Gasteiger partial charge in [0.25, 0.3) is 5.89 Å². The van der Waals surface area contributed by atoms with Gasteiger partial charge in [0.2, 0.25) is 5.88 Å². The van der Waals surface area contributed by atoms with Crippen molar-refractivity contribution in [3.63, 3.8) is 0 Å². The van der Waals surface area contributed by atoms with Crippen molar-refractivity contribution in [3.8, 4) is 23.0 Å². The highest BCUT2D eigenvalue weighted by Crippen LogP contribution is 2.26. The Balaban J connectivity index is 0.000000257. The van der Waals surface area contributed by atoms with Crippen molar-refractivity contribution in [1.29, 1.82) is 0 Å². The van der Waals surface area contributed by atoms with Crippen LogP contribution in [0.15, 0.2) is 76.3 Å². The van der Waals surface area contributed by atoms with E-state index in [1.807, 2.05) is 43.3 Å². The summed E-state index contributed by atoms with van der Waals surface area (Å²) in [5.41, 5.74) is 8.66. The molecule has 1 amide bonds. The van der Waals surface area contributed by atoms with E-state index in [0.29, 0.717) is 33.7 Å². The molecule has 0 spiro atoms. The number of hydrogen-bond donors (Lipinski definition) is 3. The number of aromatic nitrogens is 2. The third-order valence-corrected chi connectivity index (χ3v) is 4.91. The molecule has 4 aromatic rings. The number of nitrogen functional groups attached to an aromatic ring is 1. The highest BCUT2D eigenvalue weighted by atomic mass is 32.1. The van der Waals surface area contributed by atoms with Gasteiger partial charge >= 0.3 is 5.91 Å². The van der Waals surface area contributed by atoms with Crippen LogP contribution >= 0.6 is 12.6 Å². The van der Waals surface area contributed by atoms with Crippen LogP contribution in [0.5, 0.6) is 11.6 Å². The SMILES string of the molecule is COc1ccc(NC(=O)c2ncc(-c3ccccc3)o2)cc1S.COc1nccc(C)c1N. The lowest BCUT2D eigenvalue weighted by Crippen LogP contribution is -2.12. The van der Waals surface area contributed by atoms with Gasteiger partial charge in [-0.2, -0.15) is 0 Å². The molecular weight excluding hydrogens is 440 g/mol. The fourth-order valence-electron chi connectivity index (χ4n) is 2.77. The van der Waals surface area contributed by atoms with Crippen molar-refractivity contribution < 1.29 is 18.7 Å². The fourth-order valence-corrected chi connectivity index (χ4v) is 3.08. The molecule has 170 valence electrons. The van der Waals surface area contributed by atoms with Crippen molar-refractivity contribution in [1.82, 2.24) is 9.97 Å². The summed E-state index contributed by atoms with van der Waals surface area (Å²) in [4.78, 5) is 20.8. The molecule has 0 radical (unpaired) electrons. The Labute approximate surface area is 197 Å². The number of aryl methyl sites for hydroxylation is 1. The molecule has 2 heterocycles. The molecule has 3 N–H and O–H groups in total. The predicted molar refractivity (Wildman–Crippen MR) is 130 cm³/mol. The van der Waals surface area contributed by atoms with Gasteiger partial charge < -0.3 is 24.9 Å². The summed E-state index contributed by atoms with van der Waals surface area (Å²) in [5.74, 6) is 1.25. The molecule has 0 aliphatic heterocycles. The molecule has 0 aliphatic rings. The fraction of sp³-hybridized carbons (Fsp3) is 0.125. The van der Waals surface area contributed by atoms with Crippen LogP contribution in [0.4, 0.5) is 11.4 Å². The number of anilines is 2. The van der Waals surface area contributed by atoms with E-state index in [9.17, 15) is 4.79 Å². The number of amides is 1. The lowest BCUT2D eigenvalue weighted by molar-refractivity contribution is 0.0991. The molecule has 0 atom stereocenters. The molecule has 4 rings (SSSR count). The zero-order valence-corrected chi connectivity index (χ0v) is 19.3. The smallest absolute Gasteiger partial charge is 0.311 e. The van der Waals surface area contributed by atoms with Gasteiger partial charge in [0.05, 0.1) is 26.1 Å². The molecule has 9 heteroatoms. The van der Waals surface area contributed by atoms with Gasteiger partial charge in [-0.15, -0.1) is 12.6 Å². The number of pyridine rings is 1. The second-order valence-electron chi connectivity index (χ2n) is 6.79. The number of methoxy groups -OCH3 is 2. The van der Waals surface area contributed by atoms with Crippen molar-refractivity contribution in [3.05, 3.63) is 78.4 Å². The monoisotopic (exact) mass is 464 g/mol. The maximum absolute atomic E-state index is 12.2. The van der Waals surface area contributed by atoms with Gasteiger partial charge in [0.1, 0.15) is 5.75 Å². The third-order valence-electron chi connectivity index (χ3n) is 4.56. The predicted octanol–water partition coefficient (Wildman–Crippen LogP) is 4.87. The molecule has 2 aromatic carbocycles. The summed E-state index contributed by atoms with van der Waals surface area (Å²) in [6.45, 7) is 1.92. The maximum Gasteiger partial charge on any atom is 0.311 e. The second-order valence-corrected chi connectivity index (χ2v) is 7.27. The largest absolute Gasteiger partial charge is 0.496 e. The lowest BCUT2D eigenvalue weighted by Gasteiger charge is -2.07. The number of rotatable bonds is 5. The van der Waals surface area contributed by atoms with Gasteiger partial charge in [-0.05, 0) is 36.8 Å². The van der Waals surface area contributed by atoms with Gasteiger partial charge in [0.15, 0.2) is 5.76 Å². The molecular formula is C24H24N4O4S. The summed E-state index contributed by atoms with van der Waals surface area (Å²) < 4.78 is 15.5. The zero-order chi connectivity index (χ0) is 23.8. The lowest BCUT2D eigenvalue weighted by atomic mass is 10.2. The van der Waals surface area contributed by atoms with Crippen molar-refractivity contribution in [2.75, 3.05) is 25.3 Å². The molecule has 2 aromatic heterocycles. The standard InChI is InChI=1S/C17H14N2O3S.C7H10N2O/c1-21-13-8-7-12(9-15(13)23)19-16(20)17-18-10-14(22-17)11-5-3-2-4-6-11;1-5-3-4-9-7(10-2)6(5)8/h2-10,23H,1H3,(H,19,20);3-4H,8H2,1-2H3. The molecule has 8 nitrogen and oxygen atoms in total. The van der Waals surface area contributed by atoms with Crippen LogP contribution in [0.25, 0.3) is 11.3 Å². The first-order valence-corrected chi connectivity index (χ1v) is 10.3. The van der Waals surface area contributed by atoms with Crippen molar-refractivity contribution in [2.45, 2.75) is 11.8 Å². The average molecular weight is 465 g/mol. The van der Waals surface area contributed by atoms with E-state index in [-0.39, 0.29) is 5.89 Å². The first-order valence-electron chi connectivity index (χ1n) is 9.87. The molecule has 0 aliphatic carbocycles. The maximum atomic E-state index is 12.2. The van der Waals surface area contributed by atoms with Crippen LogP contribution in [0.1, 0.15) is 16.2 Å². The number of carbonyl (C=O) groups excluding carboxylic acids is 1. The van der Waals surface area contributed by atoms with E-state index < -0.39 is 5.91 Å². The van der Waals surface area contributed by atoms with Crippen LogP contribution in [0.3, 0.4) is 0 Å². The molecule has 33 heavy (non-hydrogen) atoms. The molecule has 0 saturated heterocycles. The quantitative estimate of drug-likeness (QED) is 0.361. The van der Waals surface area contributed by atoms with Gasteiger partial charge in [0, 0.05) is 22.3 Å². The number of hydrogen-bond acceptors (Lipinski definition) is 8. The minimum Gasteiger partial charge on any atom is -0.496 e. The molecule has 0 saturated carbocycles. The number of ether oxygens (including phenoxy) is 2. The summed E-state index contributed by atoms with van der Waals surface area (Å²) in [6.07, 6.45) is 3.20. The summed E-state index contributed by atoms with van der Waals surface area (Å²) in [6, 6.07) is 16.5. The number of oxazole rings is 1. The van der Waals surface area contributed by atoms with E-state index in [1.165, 1.54) is 6.20 Å². The van der Waals surface area contributed by atoms with Crippen LogP contribution in [-0.2, 0) is 0 Å². The van der Waals surface area contributed by atoms with E-state index in [1.54, 1.807) is 38.6 Å². The Kier molecular flexibility index (Phi) is 7.93. The number of nitrogens with zero attached hydrogens (tertiary/aromatic N) is 2. The summed E-state index contributed by atoms with van der Waals surface area (Å²) in [5, 5.41) is 2.72. The van der Waals surface area contributed by atoms with Crippen LogP contribution in [-0.4, -0.2) is 30.1 Å². The Morgan fingerprint density at radius 2 is 1.82 bits per heavy atom. The average Bonchev–Trinajstić information content (AvgIpc) is 3.33. The molecule has 0 unspecified atom stereocenters. The van der Waals surface area contributed by atoms with E-state index in [0.717, 1.165) is 11.1 Å². The number of benzene rings is 2. The number of carbonyl (C=O) groups is 1. The Morgan fingerprint density at radius 3 is 2.45 bits per heavy atom. The van der Waals surface area contributed by atoms with Crippen LogP contribution in [0.2, 0.25) is 0 Å². The molecule has 0 fully saturated rings. The Hall–Kier alpha value is -3.98. The Bertz CT molecular complexity index is 1230. The van der Waals surface area contributed by atoms with Gasteiger partial charge in [-0.3, -0.25) is 4.79 Å². The topological polar surface area (TPSA) is 112 Å². The first-order chi connectivity index (χ1) is 15.9. The zero-order valence-electron chi connectivity index (χ0n) is 18.4. The van der Waals surface area contributed by atoms with Crippen molar-refractivity contribution in [2.24, 2.45) is 0 Å². The highest BCUT2D eigenvalue weighted by molar-refractivity contribution is 7.80. The van der Waals surface area contributed by atoms with Crippen molar-refractivity contribution >= 4 is 29.9 Å². The highest BCUT2D eigenvalue weighted by Gasteiger charge is 2.15. The van der Waals surface area contributed by atoms with Crippen LogP contribution in [0, 0.1) is 6.92 Å². The van der Waals surface area contributed by atoms with E-state index in [2.05, 4.69) is 27.9 Å². The van der Waals surface area contributed by atoms with E-state index in [4.69, 9.17) is 19.6 Å². The normalized spacial score (nSPS) is 10.1. The summed E-state index contributed by atoms with van der Waals surface area (Å²) in [7, 11) is 3.11. The Morgan fingerprint density at radius 1 is 1.06 bits per heavy atom. The second kappa shape index (κ2) is 11.1. The molecule has 0 bridgehead atoms. The van der Waals surface area contributed by atoms with Gasteiger partial charge in [-0.1, -0.05) is 30.3 Å². The number of nitrogens with one attached hydrogen (secondary N) is 1. The van der Waals surface area contributed by atoms with Gasteiger partial charge in [-0.25, -0.2) is 9.97 Å². The minimum atomic E-state index is -0.426. The minimum absolute atomic E-state index is 0.000357. The third kappa shape index (κ3) is 6.05.